The van der Waals surface area contributed by atoms with Crippen molar-refractivity contribution < 1.29 is 4.74 Å². The molecule has 3 rings (SSSR count). The van der Waals surface area contributed by atoms with Crippen LogP contribution in [0.4, 0.5) is 0 Å². The summed E-state index contributed by atoms with van der Waals surface area (Å²) >= 11 is 0. The lowest BCUT2D eigenvalue weighted by Crippen LogP contribution is -2.14. The highest BCUT2D eigenvalue weighted by atomic mass is 35.5. The highest BCUT2D eigenvalue weighted by Crippen LogP contribution is 2.36. The summed E-state index contributed by atoms with van der Waals surface area (Å²) in [5.41, 5.74) is 1.32. The van der Waals surface area contributed by atoms with Gasteiger partial charge in [0.05, 0.1) is 7.11 Å². The molecule has 2 aromatic rings. The molecule has 0 unspecified atom stereocenters. The van der Waals surface area contributed by atoms with Crippen molar-refractivity contribution in [2.45, 2.75) is 18.9 Å². The molecule has 0 aliphatic carbocycles. The summed E-state index contributed by atoms with van der Waals surface area (Å²) in [6.45, 7) is 1.11. The van der Waals surface area contributed by atoms with E-state index in [0.717, 1.165) is 12.3 Å². The average Bonchev–Trinajstić information content (AvgIpc) is 2.91. The van der Waals surface area contributed by atoms with Crippen molar-refractivity contribution in [3.05, 3.63) is 42.0 Å². The van der Waals surface area contributed by atoms with Gasteiger partial charge in [0.2, 0.25) is 0 Å². The van der Waals surface area contributed by atoms with Crippen LogP contribution in [0.15, 0.2) is 36.4 Å². The number of hydrogen-bond donors (Lipinski definition) is 1. The predicted molar refractivity (Wildman–Crippen MR) is 77.7 cm³/mol. The fraction of sp³-hybridized carbons (Fsp3) is 0.333. The first-order chi connectivity index (χ1) is 8.40. The molecule has 1 N–H and O–H groups in total. The molecule has 2 aromatic carbocycles. The normalized spacial score (nSPS) is 18.6. The molecule has 0 bridgehead atoms. The van der Waals surface area contributed by atoms with E-state index in [2.05, 4.69) is 41.7 Å². The molecule has 2 nitrogen and oxygen atoms in total. The van der Waals surface area contributed by atoms with Gasteiger partial charge in [-0.15, -0.1) is 12.4 Å². The number of benzene rings is 2. The van der Waals surface area contributed by atoms with Crippen LogP contribution in [0.5, 0.6) is 5.75 Å². The van der Waals surface area contributed by atoms with Crippen molar-refractivity contribution in [1.29, 1.82) is 0 Å². The zero-order chi connectivity index (χ0) is 11.7. The van der Waals surface area contributed by atoms with E-state index < -0.39 is 0 Å². The van der Waals surface area contributed by atoms with Gasteiger partial charge in [-0.3, -0.25) is 0 Å². The molecule has 0 amide bonds. The van der Waals surface area contributed by atoms with Gasteiger partial charge in [0.15, 0.2) is 0 Å². The second-order valence-electron chi connectivity index (χ2n) is 4.55. The summed E-state index contributed by atoms with van der Waals surface area (Å²) in [4.78, 5) is 0. The van der Waals surface area contributed by atoms with Crippen molar-refractivity contribution in [1.82, 2.24) is 5.32 Å². The van der Waals surface area contributed by atoms with Crippen LogP contribution in [-0.2, 0) is 0 Å². The number of rotatable bonds is 2. The first kappa shape index (κ1) is 13.2. The van der Waals surface area contributed by atoms with E-state index in [1.165, 1.54) is 29.2 Å². The standard InChI is InChI=1S/C15H17NO.ClH/c1-17-14-9-8-11-5-2-3-6-12(11)15(14)13-7-4-10-16-13;/h2-3,5-6,8-9,13,16H,4,7,10H2,1H3;1H/t13-;/m0./s1. The molecular weight excluding hydrogens is 246 g/mol. The number of fused-ring (bicyclic) bond motifs is 1. The van der Waals surface area contributed by atoms with Crippen LogP contribution in [0.25, 0.3) is 10.8 Å². The van der Waals surface area contributed by atoms with Gasteiger partial charge in [0, 0.05) is 11.6 Å². The van der Waals surface area contributed by atoms with E-state index in [9.17, 15) is 0 Å². The Morgan fingerprint density at radius 3 is 2.72 bits per heavy atom. The molecule has 1 atom stereocenters. The first-order valence-electron chi connectivity index (χ1n) is 6.19. The van der Waals surface area contributed by atoms with E-state index in [-0.39, 0.29) is 12.4 Å². The maximum absolute atomic E-state index is 5.53. The minimum atomic E-state index is 0. The van der Waals surface area contributed by atoms with Gasteiger partial charge >= 0.3 is 0 Å². The van der Waals surface area contributed by atoms with Gasteiger partial charge in [-0.05, 0) is 36.2 Å². The topological polar surface area (TPSA) is 21.3 Å². The summed E-state index contributed by atoms with van der Waals surface area (Å²) in [6.07, 6.45) is 2.45. The smallest absolute Gasteiger partial charge is 0.124 e. The third-order valence-corrected chi connectivity index (χ3v) is 3.56. The summed E-state index contributed by atoms with van der Waals surface area (Å²) in [5, 5.41) is 6.16. The minimum absolute atomic E-state index is 0. The van der Waals surface area contributed by atoms with E-state index in [1.54, 1.807) is 7.11 Å². The van der Waals surface area contributed by atoms with Gasteiger partial charge < -0.3 is 10.1 Å². The molecular formula is C15H18ClNO. The van der Waals surface area contributed by atoms with Gasteiger partial charge in [-0.2, -0.15) is 0 Å². The number of methoxy groups -OCH3 is 1. The molecule has 1 fully saturated rings. The monoisotopic (exact) mass is 263 g/mol. The van der Waals surface area contributed by atoms with Gasteiger partial charge in [-0.25, -0.2) is 0 Å². The largest absolute Gasteiger partial charge is 0.496 e. The van der Waals surface area contributed by atoms with Crippen molar-refractivity contribution in [3.8, 4) is 5.75 Å². The van der Waals surface area contributed by atoms with Crippen LogP contribution >= 0.6 is 12.4 Å². The third kappa shape index (κ3) is 2.18. The highest BCUT2D eigenvalue weighted by Gasteiger charge is 2.21. The van der Waals surface area contributed by atoms with Crippen LogP contribution in [0.2, 0.25) is 0 Å². The zero-order valence-corrected chi connectivity index (χ0v) is 11.3. The summed E-state index contributed by atoms with van der Waals surface area (Å²) in [6, 6.07) is 13.2. The Hall–Kier alpha value is -1.25. The van der Waals surface area contributed by atoms with Crippen LogP contribution in [-0.4, -0.2) is 13.7 Å². The summed E-state index contributed by atoms with van der Waals surface area (Å²) < 4.78 is 5.53. The van der Waals surface area contributed by atoms with Crippen LogP contribution in [0, 0.1) is 0 Å². The lowest BCUT2D eigenvalue weighted by Gasteiger charge is -2.17. The Bertz CT molecular complexity index is 535. The fourth-order valence-electron chi connectivity index (χ4n) is 2.74. The van der Waals surface area contributed by atoms with Crippen LogP contribution < -0.4 is 10.1 Å². The van der Waals surface area contributed by atoms with E-state index in [0.29, 0.717) is 6.04 Å². The molecule has 0 aromatic heterocycles. The Morgan fingerprint density at radius 2 is 2.00 bits per heavy atom. The van der Waals surface area contributed by atoms with Crippen molar-refractivity contribution >= 4 is 23.2 Å². The molecule has 1 aliphatic rings. The number of nitrogens with one attached hydrogen (secondary N) is 1. The Labute approximate surface area is 114 Å². The molecule has 18 heavy (non-hydrogen) atoms. The average molecular weight is 264 g/mol. The van der Waals surface area contributed by atoms with E-state index >= 15 is 0 Å². The second kappa shape index (κ2) is 5.59. The van der Waals surface area contributed by atoms with Crippen molar-refractivity contribution in [2.75, 3.05) is 13.7 Å². The molecule has 1 aliphatic heterocycles. The molecule has 1 heterocycles. The fourth-order valence-corrected chi connectivity index (χ4v) is 2.74. The SMILES string of the molecule is COc1ccc2ccccc2c1[C@@H]1CCCN1.Cl. The Kier molecular flexibility index (Phi) is 4.10. The molecule has 0 spiro atoms. The highest BCUT2D eigenvalue weighted by molar-refractivity contribution is 5.88. The zero-order valence-electron chi connectivity index (χ0n) is 10.5. The van der Waals surface area contributed by atoms with Crippen LogP contribution in [0.1, 0.15) is 24.4 Å². The van der Waals surface area contributed by atoms with Crippen LogP contribution in [0.3, 0.4) is 0 Å². The molecule has 3 heteroatoms. The molecule has 0 radical (unpaired) electrons. The lowest BCUT2D eigenvalue weighted by molar-refractivity contribution is 0.404. The number of hydrogen-bond acceptors (Lipinski definition) is 2. The lowest BCUT2D eigenvalue weighted by atomic mass is 9.96. The van der Waals surface area contributed by atoms with E-state index in [1.807, 2.05) is 0 Å². The van der Waals surface area contributed by atoms with Gasteiger partial charge in [0.1, 0.15) is 5.75 Å². The van der Waals surface area contributed by atoms with Crippen molar-refractivity contribution in [2.24, 2.45) is 0 Å². The maximum Gasteiger partial charge on any atom is 0.124 e. The quantitative estimate of drug-likeness (QED) is 0.892. The van der Waals surface area contributed by atoms with Gasteiger partial charge in [0.25, 0.3) is 0 Å². The van der Waals surface area contributed by atoms with Crippen molar-refractivity contribution in [3.63, 3.8) is 0 Å². The Morgan fingerprint density at radius 1 is 1.17 bits per heavy atom. The number of ether oxygens (including phenoxy) is 1. The molecule has 0 saturated carbocycles. The van der Waals surface area contributed by atoms with Gasteiger partial charge in [-0.1, -0.05) is 30.3 Å². The molecule has 96 valence electrons. The first-order valence-corrected chi connectivity index (χ1v) is 6.19. The summed E-state index contributed by atoms with van der Waals surface area (Å²) in [7, 11) is 1.75. The predicted octanol–water partition coefficient (Wildman–Crippen LogP) is 3.69. The van der Waals surface area contributed by atoms with E-state index in [4.69, 9.17) is 4.74 Å². The minimum Gasteiger partial charge on any atom is -0.496 e. The summed E-state index contributed by atoms with van der Waals surface area (Å²) in [5.74, 6) is 1.00. The second-order valence-corrected chi connectivity index (χ2v) is 4.55. The third-order valence-electron chi connectivity index (χ3n) is 3.56. The Balaban J connectivity index is 0.00000120. The maximum atomic E-state index is 5.53. The molecule has 1 saturated heterocycles. The number of halogens is 1.